The maximum atomic E-state index is 12.9. The van der Waals surface area contributed by atoms with Crippen LogP contribution in [0.1, 0.15) is 6.42 Å². The van der Waals surface area contributed by atoms with Crippen LogP contribution >= 0.6 is 11.6 Å². The number of pyridine rings is 1. The third-order valence-electron chi connectivity index (χ3n) is 2.36. The van der Waals surface area contributed by atoms with Gasteiger partial charge in [0.2, 0.25) is 5.91 Å². The Morgan fingerprint density at radius 1 is 1.62 bits per heavy atom. The molecule has 6 heteroatoms. The molecule has 1 aromatic rings. The van der Waals surface area contributed by atoms with E-state index in [-0.39, 0.29) is 18.9 Å². The zero-order valence-electron chi connectivity index (χ0n) is 8.41. The summed E-state index contributed by atoms with van der Waals surface area (Å²) < 4.78 is 12.9. The highest BCUT2D eigenvalue weighted by molar-refractivity contribution is 6.29. The molecule has 86 valence electrons. The highest BCUT2D eigenvalue weighted by Crippen LogP contribution is 2.13. The number of halogens is 2. The number of amides is 1. The van der Waals surface area contributed by atoms with Gasteiger partial charge >= 0.3 is 0 Å². The summed E-state index contributed by atoms with van der Waals surface area (Å²) >= 11 is 5.67. The van der Waals surface area contributed by atoms with Crippen LogP contribution in [0.15, 0.2) is 18.2 Å². The van der Waals surface area contributed by atoms with E-state index < -0.39 is 12.2 Å². The van der Waals surface area contributed by atoms with Gasteiger partial charge in [0, 0.05) is 13.0 Å². The lowest BCUT2D eigenvalue weighted by Crippen LogP contribution is -2.35. The second-order valence-corrected chi connectivity index (χ2v) is 4.02. The van der Waals surface area contributed by atoms with Crippen molar-refractivity contribution in [3.8, 4) is 0 Å². The van der Waals surface area contributed by atoms with Crippen LogP contribution in [0.4, 0.5) is 10.2 Å². The van der Waals surface area contributed by atoms with Gasteiger partial charge in [-0.25, -0.2) is 9.37 Å². The molecule has 1 aliphatic heterocycles. The number of anilines is 1. The molecule has 0 radical (unpaired) electrons. The molecule has 1 aliphatic rings. The Hall–Kier alpha value is -1.20. The summed E-state index contributed by atoms with van der Waals surface area (Å²) in [6, 6.07) is 4.44. The van der Waals surface area contributed by atoms with Gasteiger partial charge in [-0.1, -0.05) is 17.7 Å². The van der Waals surface area contributed by atoms with E-state index >= 15 is 0 Å². The van der Waals surface area contributed by atoms with Crippen molar-refractivity contribution in [3.63, 3.8) is 0 Å². The van der Waals surface area contributed by atoms with Gasteiger partial charge in [0.25, 0.3) is 0 Å². The molecule has 2 heterocycles. The number of nitrogens with zero attached hydrogens (tertiary/aromatic N) is 1. The molecule has 0 aromatic carbocycles. The summed E-state index contributed by atoms with van der Waals surface area (Å²) in [5.41, 5.74) is 0. The Morgan fingerprint density at radius 2 is 2.44 bits per heavy atom. The molecule has 0 unspecified atom stereocenters. The number of aromatic nitrogens is 1. The molecule has 0 spiro atoms. The molecule has 0 bridgehead atoms. The molecule has 4 nitrogen and oxygen atoms in total. The van der Waals surface area contributed by atoms with Crippen molar-refractivity contribution in [1.29, 1.82) is 0 Å². The number of carbonyl (C=O) groups excluding carboxylic acids is 1. The average Bonchev–Trinajstić information content (AvgIpc) is 2.65. The lowest BCUT2D eigenvalue weighted by atomic mass is 10.2. The first-order valence-electron chi connectivity index (χ1n) is 4.96. The molecule has 2 rings (SSSR count). The molecule has 16 heavy (non-hydrogen) atoms. The largest absolute Gasteiger partial charge is 0.309 e. The number of nitrogens with one attached hydrogen (secondary N) is 2. The minimum Gasteiger partial charge on any atom is -0.309 e. The maximum Gasteiger partial charge on any atom is 0.242 e. The quantitative estimate of drug-likeness (QED) is 0.772. The minimum absolute atomic E-state index is 0.201. The van der Waals surface area contributed by atoms with E-state index in [0.29, 0.717) is 11.0 Å². The van der Waals surface area contributed by atoms with Crippen LogP contribution in [0.2, 0.25) is 5.15 Å². The molecule has 2 atom stereocenters. The van der Waals surface area contributed by atoms with Crippen molar-refractivity contribution in [1.82, 2.24) is 10.3 Å². The molecular formula is C10H11ClFN3O. The van der Waals surface area contributed by atoms with Crippen LogP contribution in [0.25, 0.3) is 0 Å². The van der Waals surface area contributed by atoms with Crippen molar-refractivity contribution >= 4 is 23.3 Å². The first-order valence-corrected chi connectivity index (χ1v) is 5.34. The Labute approximate surface area is 97.2 Å². The summed E-state index contributed by atoms with van der Waals surface area (Å²) in [5.74, 6) is 0.0940. The molecule has 1 aromatic heterocycles. The van der Waals surface area contributed by atoms with Crippen LogP contribution in [-0.2, 0) is 4.79 Å². The first-order chi connectivity index (χ1) is 7.65. The second kappa shape index (κ2) is 4.76. The summed E-state index contributed by atoms with van der Waals surface area (Å²) in [5, 5.41) is 5.68. The first kappa shape index (κ1) is 11.3. The zero-order valence-corrected chi connectivity index (χ0v) is 9.17. The summed E-state index contributed by atoms with van der Waals surface area (Å²) in [6.07, 6.45) is -0.755. The standard InChI is InChI=1S/C10H11ClFN3O/c11-8-2-1-3-9(14-8)15-10(16)7-4-6(12)5-13-7/h1-3,6-7,13H,4-5H2,(H,14,15,16)/t6-,7+/m1/s1. The predicted octanol–water partition coefficient (Wildman–Crippen LogP) is 1.37. The van der Waals surface area contributed by atoms with Gasteiger partial charge in [0.1, 0.15) is 17.1 Å². The van der Waals surface area contributed by atoms with E-state index in [1.165, 1.54) is 0 Å². The normalized spacial score (nSPS) is 24.4. The van der Waals surface area contributed by atoms with Crippen molar-refractivity contribution < 1.29 is 9.18 Å². The molecule has 1 amide bonds. The second-order valence-electron chi connectivity index (χ2n) is 3.63. The van der Waals surface area contributed by atoms with Gasteiger partial charge in [-0.3, -0.25) is 4.79 Å². The summed E-state index contributed by atoms with van der Waals surface area (Å²) in [7, 11) is 0. The molecule has 0 aliphatic carbocycles. The molecule has 2 N–H and O–H groups in total. The van der Waals surface area contributed by atoms with Crippen LogP contribution in [0.5, 0.6) is 0 Å². The number of hydrogen-bond donors (Lipinski definition) is 2. The van der Waals surface area contributed by atoms with Gasteiger partial charge in [-0.2, -0.15) is 0 Å². The minimum atomic E-state index is -0.955. The molecule has 1 fully saturated rings. The van der Waals surface area contributed by atoms with Gasteiger partial charge in [-0.15, -0.1) is 0 Å². The van der Waals surface area contributed by atoms with Gasteiger partial charge in [0.15, 0.2) is 0 Å². The monoisotopic (exact) mass is 243 g/mol. The van der Waals surface area contributed by atoms with Gasteiger partial charge in [-0.05, 0) is 12.1 Å². The summed E-state index contributed by atoms with van der Waals surface area (Å²) in [4.78, 5) is 15.6. The third-order valence-corrected chi connectivity index (χ3v) is 2.57. The Morgan fingerprint density at radius 3 is 3.06 bits per heavy atom. The van der Waals surface area contributed by atoms with E-state index in [1.54, 1.807) is 18.2 Å². The Kier molecular flexibility index (Phi) is 3.36. The van der Waals surface area contributed by atoms with Crippen LogP contribution in [0, 0.1) is 0 Å². The SMILES string of the molecule is O=C(Nc1cccc(Cl)n1)[C@@H]1C[C@@H](F)CN1. The molecule has 1 saturated heterocycles. The Balaban J connectivity index is 1.97. The number of rotatable bonds is 2. The fourth-order valence-electron chi connectivity index (χ4n) is 1.58. The zero-order chi connectivity index (χ0) is 11.5. The van der Waals surface area contributed by atoms with Crippen LogP contribution in [0.3, 0.4) is 0 Å². The van der Waals surface area contributed by atoms with Crippen molar-refractivity contribution in [3.05, 3.63) is 23.4 Å². The number of alkyl halides is 1. The highest BCUT2D eigenvalue weighted by Gasteiger charge is 2.29. The molecule has 0 saturated carbocycles. The average molecular weight is 244 g/mol. The lowest BCUT2D eigenvalue weighted by Gasteiger charge is -2.09. The van der Waals surface area contributed by atoms with Crippen LogP contribution < -0.4 is 10.6 Å². The third kappa shape index (κ3) is 2.68. The predicted molar refractivity (Wildman–Crippen MR) is 59.2 cm³/mol. The van der Waals surface area contributed by atoms with Gasteiger partial charge < -0.3 is 10.6 Å². The van der Waals surface area contributed by atoms with E-state index in [9.17, 15) is 9.18 Å². The number of hydrogen-bond acceptors (Lipinski definition) is 3. The Bertz CT molecular complexity index is 401. The topological polar surface area (TPSA) is 54.0 Å². The van der Waals surface area contributed by atoms with E-state index in [4.69, 9.17) is 11.6 Å². The fourth-order valence-corrected chi connectivity index (χ4v) is 1.75. The molecular weight excluding hydrogens is 233 g/mol. The summed E-state index contributed by atoms with van der Waals surface area (Å²) in [6.45, 7) is 0.223. The smallest absolute Gasteiger partial charge is 0.242 e. The van der Waals surface area contributed by atoms with E-state index in [2.05, 4.69) is 15.6 Å². The van der Waals surface area contributed by atoms with Crippen molar-refractivity contribution in [2.24, 2.45) is 0 Å². The van der Waals surface area contributed by atoms with E-state index in [1.807, 2.05) is 0 Å². The maximum absolute atomic E-state index is 12.9. The van der Waals surface area contributed by atoms with Crippen LogP contribution in [-0.4, -0.2) is 29.6 Å². The highest BCUT2D eigenvalue weighted by atomic mass is 35.5. The van der Waals surface area contributed by atoms with Gasteiger partial charge in [0.05, 0.1) is 6.04 Å². The fraction of sp³-hybridized carbons (Fsp3) is 0.400. The lowest BCUT2D eigenvalue weighted by molar-refractivity contribution is -0.117. The van der Waals surface area contributed by atoms with E-state index in [0.717, 1.165) is 0 Å². The van der Waals surface area contributed by atoms with Crippen molar-refractivity contribution in [2.75, 3.05) is 11.9 Å². The number of carbonyl (C=O) groups is 1. The van der Waals surface area contributed by atoms with Crippen molar-refractivity contribution in [2.45, 2.75) is 18.6 Å².